The molecule has 2 aromatic carbocycles. The van der Waals surface area contributed by atoms with Gasteiger partial charge in [0, 0.05) is 12.1 Å². The van der Waals surface area contributed by atoms with Crippen LogP contribution in [0.5, 0.6) is 5.75 Å². The smallest absolute Gasteiger partial charge is 0.251 e. The van der Waals surface area contributed by atoms with Gasteiger partial charge in [-0.05, 0) is 72.6 Å². The fourth-order valence-corrected chi connectivity index (χ4v) is 4.04. The summed E-state index contributed by atoms with van der Waals surface area (Å²) in [5.74, 6) is 0.241. The lowest BCUT2D eigenvalue weighted by Gasteiger charge is -2.36. The van der Waals surface area contributed by atoms with Gasteiger partial charge in [0.25, 0.3) is 5.91 Å². The first-order chi connectivity index (χ1) is 12.5. The molecule has 0 fully saturated rings. The molecule has 0 radical (unpaired) electrons. The number of benzene rings is 2. The van der Waals surface area contributed by atoms with Crippen LogP contribution in [0.15, 0.2) is 42.7 Å². The molecular weight excluding hydrogens is 326 g/mol. The summed E-state index contributed by atoms with van der Waals surface area (Å²) in [7, 11) is 0. The minimum absolute atomic E-state index is 0.0209. The number of aromatic nitrogens is 2. The number of aromatic amines is 1. The molecule has 1 unspecified atom stereocenters. The molecule has 1 amide bonds. The molecule has 0 bridgehead atoms. The van der Waals surface area contributed by atoms with Crippen molar-refractivity contribution < 1.29 is 9.90 Å². The lowest BCUT2D eigenvalue weighted by molar-refractivity contribution is 0.0950. The largest absolute Gasteiger partial charge is 0.508 e. The minimum Gasteiger partial charge on any atom is -0.508 e. The van der Waals surface area contributed by atoms with Crippen LogP contribution in [0.2, 0.25) is 0 Å². The van der Waals surface area contributed by atoms with Gasteiger partial charge in [0.1, 0.15) is 5.75 Å². The molecule has 4 rings (SSSR count). The molecule has 134 valence electrons. The summed E-state index contributed by atoms with van der Waals surface area (Å²) in [6.45, 7) is 2.83. The Hall–Kier alpha value is -2.82. The number of hydrogen-bond donors (Lipinski definition) is 3. The molecule has 1 aliphatic carbocycles. The average Bonchev–Trinajstić information content (AvgIpc) is 3.10. The lowest BCUT2D eigenvalue weighted by atomic mass is 9.69. The van der Waals surface area contributed by atoms with Gasteiger partial charge < -0.3 is 15.4 Å². The van der Waals surface area contributed by atoms with Crippen LogP contribution in [-0.2, 0) is 11.8 Å². The summed E-state index contributed by atoms with van der Waals surface area (Å²) in [5.41, 5.74) is 4.86. The highest BCUT2D eigenvalue weighted by molar-refractivity contribution is 5.97. The zero-order valence-corrected chi connectivity index (χ0v) is 14.9. The first-order valence-corrected chi connectivity index (χ1v) is 9.09. The third kappa shape index (κ3) is 3.05. The van der Waals surface area contributed by atoms with Crippen LogP contribution in [-0.4, -0.2) is 27.5 Å². The zero-order valence-electron chi connectivity index (χ0n) is 14.9. The Kier molecular flexibility index (Phi) is 4.15. The van der Waals surface area contributed by atoms with Crippen LogP contribution in [0, 0.1) is 0 Å². The summed E-state index contributed by atoms with van der Waals surface area (Å²) in [5, 5.41) is 12.9. The SMILES string of the molecule is CC1(CCNC(=O)c2ccc3nc[nH]c3c2)CCCc2ccc(O)cc21. The first-order valence-electron chi connectivity index (χ1n) is 9.09. The number of H-pyrrole nitrogens is 1. The molecule has 0 saturated heterocycles. The van der Waals surface area contributed by atoms with Crippen molar-refractivity contribution in [3.05, 3.63) is 59.4 Å². The zero-order chi connectivity index (χ0) is 18.1. The van der Waals surface area contributed by atoms with E-state index >= 15 is 0 Å². The van der Waals surface area contributed by atoms with Gasteiger partial charge in [-0.2, -0.15) is 0 Å². The van der Waals surface area contributed by atoms with Gasteiger partial charge in [-0.1, -0.05) is 13.0 Å². The third-order valence-corrected chi connectivity index (χ3v) is 5.56. The summed E-state index contributed by atoms with van der Waals surface area (Å²) < 4.78 is 0. The van der Waals surface area contributed by atoms with Crippen molar-refractivity contribution in [3.8, 4) is 5.75 Å². The second-order valence-corrected chi connectivity index (χ2v) is 7.40. The van der Waals surface area contributed by atoms with Crippen LogP contribution in [0.25, 0.3) is 11.0 Å². The Morgan fingerprint density at radius 2 is 2.19 bits per heavy atom. The number of nitrogens with zero attached hydrogens (tertiary/aromatic N) is 1. The van der Waals surface area contributed by atoms with Crippen LogP contribution < -0.4 is 5.32 Å². The van der Waals surface area contributed by atoms with Gasteiger partial charge >= 0.3 is 0 Å². The van der Waals surface area contributed by atoms with Gasteiger partial charge in [0.2, 0.25) is 0 Å². The molecular formula is C21H23N3O2. The number of nitrogens with one attached hydrogen (secondary N) is 2. The predicted octanol–water partition coefficient (Wildman–Crippen LogP) is 3.68. The maximum absolute atomic E-state index is 12.5. The fraction of sp³-hybridized carbons (Fsp3) is 0.333. The number of imidazole rings is 1. The number of hydrogen-bond acceptors (Lipinski definition) is 3. The van der Waals surface area contributed by atoms with Gasteiger partial charge in [0.15, 0.2) is 0 Å². The molecule has 1 heterocycles. The van der Waals surface area contributed by atoms with Crippen LogP contribution in [0.4, 0.5) is 0 Å². The Morgan fingerprint density at radius 3 is 3.08 bits per heavy atom. The number of amides is 1. The first kappa shape index (κ1) is 16.6. The lowest BCUT2D eigenvalue weighted by Crippen LogP contribution is -2.34. The molecule has 0 spiro atoms. The number of rotatable bonds is 4. The van der Waals surface area contributed by atoms with E-state index in [-0.39, 0.29) is 11.3 Å². The Labute approximate surface area is 152 Å². The standard InChI is InChI=1S/C21H23N3O2/c1-21(8-2-3-14-4-6-16(25)12-17(14)21)9-10-22-20(26)15-5-7-18-19(11-15)24-13-23-18/h4-7,11-13,25H,2-3,8-10H2,1H3,(H,22,26)(H,23,24). The molecule has 0 aliphatic heterocycles. The predicted molar refractivity (Wildman–Crippen MR) is 101 cm³/mol. The van der Waals surface area contributed by atoms with E-state index in [1.54, 1.807) is 18.5 Å². The highest BCUT2D eigenvalue weighted by Gasteiger charge is 2.32. The second kappa shape index (κ2) is 6.48. The van der Waals surface area contributed by atoms with Crippen LogP contribution >= 0.6 is 0 Å². The van der Waals surface area contributed by atoms with Crippen molar-refractivity contribution in [3.63, 3.8) is 0 Å². The minimum atomic E-state index is -0.0722. The van der Waals surface area contributed by atoms with E-state index < -0.39 is 0 Å². The van der Waals surface area contributed by atoms with E-state index in [2.05, 4.69) is 22.2 Å². The molecule has 1 atom stereocenters. The van der Waals surface area contributed by atoms with Crippen molar-refractivity contribution in [2.24, 2.45) is 0 Å². The number of aryl methyl sites for hydroxylation is 1. The summed E-state index contributed by atoms with van der Waals surface area (Å²) in [6, 6.07) is 11.2. The van der Waals surface area contributed by atoms with Crippen molar-refractivity contribution in [2.75, 3.05) is 6.54 Å². The number of phenolic OH excluding ortho intramolecular Hbond substituents is 1. The van der Waals surface area contributed by atoms with Crippen molar-refractivity contribution in [1.29, 1.82) is 0 Å². The Bertz CT molecular complexity index is 963. The van der Waals surface area contributed by atoms with Crippen LogP contribution in [0.3, 0.4) is 0 Å². The van der Waals surface area contributed by atoms with E-state index in [9.17, 15) is 9.90 Å². The quantitative estimate of drug-likeness (QED) is 0.672. The molecule has 1 aromatic heterocycles. The molecule has 3 N–H and O–H groups in total. The number of phenols is 1. The molecule has 26 heavy (non-hydrogen) atoms. The topological polar surface area (TPSA) is 78.0 Å². The van der Waals surface area contributed by atoms with Gasteiger partial charge in [0.05, 0.1) is 17.4 Å². The van der Waals surface area contributed by atoms with Crippen molar-refractivity contribution in [1.82, 2.24) is 15.3 Å². The van der Waals surface area contributed by atoms with E-state index in [0.717, 1.165) is 36.7 Å². The average molecular weight is 349 g/mol. The third-order valence-electron chi connectivity index (χ3n) is 5.56. The van der Waals surface area contributed by atoms with Gasteiger partial charge in [-0.25, -0.2) is 4.98 Å². The molecule has 3 aromatic rings. The molecule has 5 heteroatoms. The van der Waals surface area contributed by atoms with E-state index in [1.165, 1.54) is 11.1 Å². The van der Waals surface area contributed by atoms with Gasteiger partial charge in [-0.3, -0.25) is 4.79 Å². The maximum Gasteiger partial charge on any atom is 0.251 e. The number of carbonyl (C=O) groups excluding carboxylic acids is 1. The molecule has 0 saturated carbocycles. The highest BCUT2D eigenvalue weighted by Crippen LogP contribution is 2.40. The van der Waals surface area contributed by atoms with E-state index in [1.807, 2.05) is 24.3 Å². The summed E-state index contributed by atoms with van der Waals surface area (Å²) in [4.78, 5) is 19.7. The van der Waals surface area contributed by atoms with Crippen molar-refractivity contribution in [2.45, 2.75) is 38.0 Å². The van der Waals surface area contributed by atoms with E-state index in [4.69, 9.17) is 0 Å². The molecule has 5 nitrogen and oxygen atoms in total. The number of fused-ring (bicyclic) bond motifs is 2. The normalized spacial score (nSPS) is 19.3. The van der Waals surface area contributed by atoms with Crippen LogP contribution in [0.1, 0.15) is 47.7 Å². The van der Waals surface area contributed by atoms with Crippen molar-refractivity contribution >= 4 is 16.9 Å². The summed E-state index contributed by atoms with van der Waals surface area (Å²) >= 11 is 0. The molecule has 1 aliphatic rings. The number of carbonyl (C=O) groups is 1. The Balaban J connectivity index is 1.44. The number of aromatic hydroxyl groups is 1. The van der Waals surface area contributed by atoms with Gasteiger partial charge in [-0.15, -0.1) is 0 Å². The highest BCUT2D eigenvalue weighted by atomic mass is 16.3. The Morgan fingerprint density at radius 1 is 1.31 bits per heavy atom. The fourth-order valence-electron chi connectivity index (χ4n) is 4.04. The summed E-state index contributed by atoms with van der Waals surface area (Å²) in [6.07, 6.45) is 5.74. The van der Waals surface area contributed by atoms with E-state index in [0.29, 0.717) is 17.9 Å². The second-order valence-electron chi connectivity index (χ2n) is 7.40. The monoisotopic (exact) mass is 349 g/mol. The maximum atomic E-state index is 12.5.